The summed E-state index contributed by atoms with van der Waals surface area (Å²) < 4.78 is 95.8. The average molecular weight is 676 g/mol. The summed E-state index contributed by atoms with van der Waals surface area (Å²) >= 11 is 0. The summed E-state index contributed by atoms with van der Waals surface area (Å²) in [5.74, 6) is -9.22. The number of imide groups is 2. The third-order valence-electron chi connectivity index (χ3n) is 7.19. The Morgan fingerprint density at radius 2 is 1.19 bits per heavy atom. The molecule has 20 heteroatoms. The highest BCUT2D eigenvalue weighted by molar-refractivity contribution is 6.03. The molecule has 1 aromatic carbocycles. The lowest BCUT2D eigenvalue weighted by Crippen LogP contribution is -2.43. The van der Waals surface area contributed by atoms with Crippen LogP contribution in [0.5, 0.6) is 0 Å². The minimum absolute atomic E-state index is 0.175. The monoisotopic (exact) mass is 676 g/mol. The number of carbonyl (C=O) groups is 6. The smallest absolute Gasteiger partial charge is 0.431 e. The van der Waals surface area contributed by atoms with Gasteiger partial charge in [0, 0.05) is 37.8 Å². The summed E-state index contributed by atoms with van der Waals surface area (Å²) in [5.41, 5.74) is -9.46. The molecule has 0 atom stereocenters. The molecule has 1 N–H and O–H groups in total. The van der Waals surface area contributed by atoms with Crippen LogP contribution >= 0.6 is 0 Å². The highest BCUT2D eigenvalue weighted by atomic mass is 19.4. The largest absolute Gasteiger partial charge is 0.460 e. The number of esters is 2. The van der Waals surface area contributed by atoms with Crippen LogP contribution in [0.2, 0.25) is 0 Å². The number of non-ortho nitro benzene ring substituents is 1. The Morgan fingerprint density at radius 1 is 0.787 bits per heavy atom. The molecule has 14 nitrogen and oxygen atoms in total. The van der Waals surface area contributed by atoms with Crippen LogP contribution in [0.4, 0.5) is 32.0 Å². The maximum absolute atomic E-state index is 14.3. The fourth-order valence-electron chi connectivity index (χ4n) is 5.09. The first-order valence-electron chi connectivity index (χ1n) is 13.6. The number of nitro benzene ring substituents is 1. The molecule has 47 heavy (non-hydrogen) atoms. The van der Waals surface area contributed by atoms with Crippen LogP contribution in [-0.4, -0.2) is 88.9 Å². The molecule has 0 saturated carbocycles. The molecule has 0 bridgehead atoms. The van der Waals surface area contributed by atoms with Gasteiger partial charge in [0.25, 0.3) is 5.69 Å². The number of hydrogen-bond donors (Lipinski definition) is 1. The van der Waals surface area contributed by atoms with Gasteiger partial charge in [0.05, 0.1) is 35.1 Å². The number of alkyl halides is 6. The first kappa shape index (κ1) is 34.6. The first-order valence-corrected chi connectivity index (χ1v) is 13.6. The number of rotatable bonds is 10. The van der Waals surface area contributed by atoms with Crippen molar-refractivity contribution in [3.8, 4) is 0 Å². The lowest BCUT2D eigenvalue weighted by Gasteiger charge is -2.33. The molecule has 4 amide bonds. The number of dihydropyridines is 1. The Bertz CT molecular complexity index is 1500. The number of nitrogens with zero attached hydrogens (tertiary/aromatic N) is 3. The normalized spacial score (nSPS) is 17.9. The molecule has 3 aliphatic heterocycles. The SMILES string of the molecule is O=C(OCCN1C(=O)CCC1=O)C1=C(C(F)(F)F)NC(C(F)(F)F)=C(C(=O)OCCN2C(=O)CCC2=O)C1c1cccc([N+](=O)[O-])c1. The van der Waals surface area contributed by atoms with Gasteiger partial charge in [0.15, 0.2) is 0 Å². The van der Waals surface area contributed by atoms with E-state index in [0.717, 1.165) is 23.5 Å². The highest BCUT2D eigenvalue weighted by Gasteiger charge is 2.53. The number of ether oxygens (including phenoxy) is 2. The Hall–Kier alpha value is -5.30. The second-order valence-corrected chi connectivity index (χ2v) is 10.1. The fraction of sp³-hybridized carbons (Fsp3) is 0.407. The Kier molecular flexibility index (Phi) is 9.71. The molecule has 2 saturated heterocycles. The number of likely N-dealkylation sites (tertiary alicyclic amines) is 2. The van der Waals surface area contributed by atoms with Crippen LogP contribution in [-0.2, 0) is 38.2 Å². The second-order valence-electron chi connectivity index (χ2n) is 10.1. The van der Waals surface area contributed by atoms with Crippen LogP contribution < -0.4 is 5.32 Å². The van der Waals surface area contributed by atoms with E-state index in [2.05, 4.69) is 0 Å². The van der Waals surface area contributed by atoms with Gasteiger partial charge in [-0.2, -0.15) is 26.3 Å². The van der Waals surface area contributed by atoms with E-state index >= 15 is 0 Å². The van der Waals surface area contributed by atoms with Crippen molar-refractivity contribution in [1.82, 2.24) is 15.1 Å². The zero-order valence-corrected chi connectivity index (χ0v) is 23.7. The molecule has 3 aliphatic rings. The molecule has 0 radical (unpaired) electrons. The summed E-state index contributed by atoms with van der Waals surface area (Å²) in [6.07, 6.45) is -12.2. The fourth-order valence-corrected chi connectivity index (χ4v) is 5.09. The number of hydrogen-bond acceptors (Lipinski definition) is 11. The van der Waals surface area contributed by atoms with Crippen molar-refractivity contribution in [1.29, 1.82) is 0 Å². The van der Waals surface area contributed by atoms with Gasteiger partial charge >= 0.3 is 24.3 Å². The van der Waals surface area contributed by atoms with E-state index < -0.39 is 119 Å². The number of nitro groups is 1. The molecular formula is C27H22F6N4O10. The first-order chi connectivity index (χ1) is 21.9. The summed E-state index contributed by atoms with van der Waals surface area (Å²) in [6.45, 7) is -3.03. The number of amides is 4. The number of benzene rings is 1. The molecule has 1 aromatic rings. The van der Waals surface area contributed by atoms with E-state index in [1.807, 2.05) is 0 Å². The van der Waals surface area contributed by atoms with E-state index in [1.165, 1.54) is 0 Å². The van der Waals surface area contributed by atoms with Crippen molar-refractivity contribution in [3.63, 3.8) is 0 Å². The summed E-state index contributed by atoms with van der Waals surface area (Å²) in [5, 5.41) is 12.5. The predicted octanol–water partition coefficient (Wildman–Crippen LogP) is 2.30. The van der Waals surface area contributed by atoms with E-state index in [-0.39, 0.29) is 25.7 Å². The zero-order valence-electron chi connectivity index (χ0n) is 23.7. The quantitative estimate of drug-likeness (QED) is 0.126. The van der Waals surface area contributed by atoms with Crippen molar-refractivity contribution < 1.29 is 69.5 Å². The maximum Gasteiger partial charge on any atom is 0.431 e. The number of halogens is 6. The number of allylic oxidation sites excluding steroid dienone is 2. The number of nitrogens with one attached hydrogen (secondary N) is 1. The predicted molar refractivity (Wildman–Crippen MR) is 139 cm³/mol. The highest BCUT2D eigenvalue weighted by Crippen LogP contribution is 2.47. The van der Waals surface area contributed by atoms with Crippen molar-refractivity contribution in [3.05, 3.63) is 62.5 Å². The van der Waals surface area contributed by atoms with Crippen molar-refractivity contribution >= 4 is 41.3 Å². The van der Waals surface area contributed by atoms with Crippen LogP contribution in [0.1, 0.15) is 37.2 Å². The van der Waals surface area contributed by atoms with Crippen molar-refractivity contribution in [2.45, 2.75) is 44.0 Å². The zero-order chi connectivity index (χ0) is 34.8. The van der Waals surface area contributed by atoms with Crippen LogP contribution in [0.15, 0.2) is 46.8 Å². The Morgan fingerprint density at radius 3 is 1.55 bits per heavy atom. The summed E-state index contributed by atoms with van der Waals surface area (Å²) in [4.78, 5) is 85.8. The molecule has 0 unspecified atom stereocenters. The molecule has 0 spiro atoms. The molecule has 0 aromatic heterocycles. The van der Waals surface area contributed by atoms with Gasteiger partial charge < -0.3 is 14.8 Å². The lowest BCUT2D eigenvalue weighted by molar-refractivity contribution is -0.384. The van der Waals surface area contributed by atoms with E-state index in [9.17, 15) is 65.2 Å². The second kappa shape index (κ2) is 13.2. The third-order valence-corrected chi connectivity index (χ3v) is 7.19. The minimum Gasteiger partial charge on any atom is -0.460 e. The Balaban J connectivity index is 1.80. The topological polar surface area (TPSA) is 183 Å². The van der Waals surface area contributed by atoms with E-state index in [0.29, 0.717) is 15.9 Å². The molecular weight excluding hydrogens is 654 g/mol. The average Bonchev–Trinajstić information content (AvgIpc) is 3.49. The standard InChI is InChI=1S/C27H22F6N4O10/c28-26(29,30)22-20(24(42)46-10-8-35-15(38)4-5-16(35)39)19(13-2-1-3-14(12-13)37(44)45)21(23(34-22)27(31,32)33)25(43)47-11-9-36-17(40)6-7-18(36)41/h1-3,12,19,34H,4-11H2. The molecule has 4 rings (SSSR count). The van der Waals surface area contributed by atoms with Crippen LogP contribution in [0.25, 0.3) is 0 Å². The number of carbonyl (C=O) groups excluding carboxylic acids is 6. The third kappa shape index (κ3) is 7.41. The molecule has 3 heterocycles. The van der Waals surface area contributed by atoms with Gasteiger partial charge in [-0.3, -0.25) is 39.1 Å². The molecule has 252 valence electrons. The van der Waals surface area contributed by atoms with Gasteiger partial charge in [-0.05, 0) is 5.56 Å². The van der Waals surface area contributed by atoms with Gasteiger partial charge in [0.1, 0.15) is 24.6 Å². The van der Waals surface area contributed by atoms with Gasteiger partial charge in [-0.25, -0.2) is 9.59 Å². The molecule has 0 aliphatic carbocycles. The van der Waals surface area contributed by atoms with E-state index in [4.69, 9.17) is 9.47 Å². The summed E-state index contributed by atoms with van der Waals surface area (Å²) in [6, 6.07) is 3.10. The molecule has 2 fully saturated rings. The van der Waals surface area contributed by atoms with Gasteiger partial charge in [-0.15, -0.1) is 0 Å². The van der Waals surface area contributed by atoms with Gasteiger partial charge in [-0.1, -0.05) is 12.1 Å². The van der Waals surface area contributed by atoms with Crippen molar-refractivity contribution in [2.24, 2.45) is 0 Å². The van der Waals surface area contributed by atoms with Crippen molar-refractivity contribution in [2.75, 3.05) is 26.3 Å². The summed E-state index contributed by atoms with van der Waals surface area (Å²) in [7, 11) is 0. The van der Waals surface area contributed by atoms with Crippen LogP contribution in [0, 0.1) is 10.1 Å². The van der Waals surface area contributed by atoms with E-state index in [1.54, 1.807) is 0 Å². The van der Waals surface area contributed by atoms with Crippen LogP contribution in [0.3, 0.4) is 0 Å². The lowest BCUT2D eigenvalue weighted by atomic mass is 9.79. The minimum atomic E-state index is -5.74. The maximum atomic E-state index is 14.3. The Labute approximate surface area is 259 Å². The van der Waals surface area contributed by atoms with Gasteiger partial charge in [0.2, 0.25) is 23.6 Å².